The molecule has 2 aromatic carbocycles. The van der Waals surface area contributed by atoms with Crippen LogP contribution in [-0.2, 0) is 4.74 Å². The van der Waals surface area contributed by atoms with E-state index >= 15 is 0 Å². The van der Waals surface area contributed by atoms with E-state index in [4.69, 9.17) is 9.47 Å². The summed E-state index contributed by atoms with van der Waals surface area (Å²) in [6.07, 6.45) is 6.50. The number of carbonyl (C=O) groups is 1. The Balaban J connectivity index is 1.45. The number of benzene rings is 2. The standard InChI is InChI=1S/C27H29N3O3/c1-2-32-22-13-14-23-24(16-28)26(30(25(23)15-22)21-7-4-8-21)19-9-11-20(12-10-19)29-27(31)33-17-18-5-3-6-18/h9-15,18,21H,2-8,17H2,1H3,(H,29,31). The minimum absolute atomic E-state index is 0.376. The van der Waals surface area contributed by atoms with Gasteiger partial charge in [-0.15, -0.1) is 0 Å². The summed E-state index contributed by atoms with van der Waals surface area (Å²) in [4.78, 5) is 12.1. The van der Waals surface area contributed by atoms with Crippen LogP contribution in [0.2, 0.25) is 0 Å². The van der Waals surface area contributed by atoms with Gasteiger partial charge in [-0.1, -0.05) is 18.6 Å². The normalized spacial score (nSPS) is 16.0. The van der Waals surface area contributed by atoms with E-state index < -0.39 is 6.09 Å². The lowest BCUT2D eigenvalue weighted by Crippen LogP contribution is -2.22. The van der Waals surface area contributed by atoms with E-state index in [-0.39, 0.29) is 0 Å². The Bertz CT molecular complexity index is 1200. The maximum absolute atomic E-state index is 12.1. The third kappa shape index (κ3) is 4.16. The molecule has 1 aromatic heterocycles. The Kier molecular flexibility index (Phi) is 5.95. The number of ether oxygens (including phenoxy) is 2. The summed E-state index contributed by atoms with van der Waals surface area (Å²) < 4.78 is 13.4. The van der Waals surface area contributed by atoms with E-state index in [2.05, 4.69) is 22.0 Å². The van der Waals surface area contributed by atoms with Crippen molar-refractivity contribution in [2.75, 3.05) is 18.5 Å². The molecule has 0 spiro atoms. The number of nitriles is 1. The molecule has 6 heteroatoms. The molecule has 1 heterocycles. The summed E-state index contributed by atoms with van der Waals surface area (Å²) in [5.74, 6) is 1.33. The van der Waals surface area contributed by atoms with Gasteiger partial charge in [0.2, 0.25) is 0 Å². The van der Waals surface area contributed by atoms with Gasteiger partial charge in [-0.25, -0.2) is 4.79 Å². The molecular weight excluding hydrogens is 414 g/mol. The molecule has 1 amide bonds. The SMILES string of the molecule is CCOc1ccc2c(C#N)c(-c3ccc(NC(=O)OCC4CCC4)cc3)n(C3CCC3)c2c1. The third-order valence-electron chi connectivity index (χ3n) is 6.92. The molecule has 33 heavy (non-hydrogen) atoms. The lowest BCUT2D eigenvalue weighted by Gasteiger charge is -2.30. The summed E-state index contributed by atoms with van der Waals surface area (Å²) in [5.41, 5.74) is 4.30. The lowest BCUT2D eigenvalue weighted by atomic mass is 9.86. The molecule has 2 aliphatic carbocycles. The van der Waals surface area contributed by atoms with Gasteiger partial charge in [0, 0.05) is 23.2 Å². The third-order valence-corrected chi connectivity index (χ3v) is 6.92. The van der Waals surface area contributed by atoms with Crippen LogP contribution in [0.4, 0.5) is 10.5 Å². The number of fused-ring (bicyclic) bond motifs is 1. The van der Waals surface area contributed by atoms with Gasteiger partial charge in [-0.3, -0.25) is 5.32 Å². The second-order valence-corrected chi connectivity index (χ2v) is 9.00. The van der Waals surface area contributed by atoms with Crippen LogP contribution in [0, 0.1) is 17.2 Å². The summed E-state index contributed by atoms with van der Waals surface area (Å²) in [6.45, 7) is 3.06. The minimum Gasteiger partial charge on any atom is -0.494 e. The van der Waals surface area contributed by atoms with Gasteiger partial charge >= 0.3 is 6.09 Å². The van der Waals surface area contributed by atoms with Crippen molar-refractivity contribution in [1.82, 2.24) is 4.57 Å². The fraction of sp³-hybridized carbons (Fsp3) is 0.407. The van der Waals surface area contributed by atoms with Crippen LogP contribution in [0.5, 0.6) is 5.75 Å². The molecular formula is C27H29N3O3. The van der Waals surface area contributed by atoms with Gasteiger partial charge < -0.3 is 14.0 Å². The van der Waals surface area contributed by atoms with Crippen molar-refractivity contribution in [3.63, 3.8) is 0 Å². The molecule has 170 valence electrons. The Hall–Kier alpha value is -3.46. The second kappa shape index (κ2) is 9.19. The van der Waals surface area contributed by atoms with Gasteiger partial charge in [0.05, 0.1) is 30.0 Å². The Labute approximate surface area is 194 Å². The highest BCUT2D eigenvalue weighted by Crippen LogP contribution is 2.43. The zero-order valence-corrected chi connectivity index (χ0v) is 19.0. The van der Waals surface area contributed by atoms with E-state index in [0.717, 1.165) is 53.6 Å². The molecule has 0 aliphatic heterocycles. The van der Waals surface area contributed by atoms with Gasteiger partial charge in [-0.2, -0.15) is 5.26 Å². The van der Waals surface area contributed by atoms with Crippen molar-refractivity contribution in [3.8, 4) is 23.1 Å². The zero-order chi connectivity index (χ0) is 22.8. The number of carbonyl (C=O) groups excluding carboxylic acids is 1. The first-order chi connectivity index (χ1) is 16.2. The highest BCUT2D eigenvalue weighted by Gasteiger charge is 2.28. The number of amides is 1. The van der Waals surface area contributed by atoms with Crippen LogP contribution in [0.15, 0.2) is 42.5 Å². The lowest BCUT2D eigenvalue weighted by molar-refractivity contribution is 0.115. The van der Waals surface area contributed by atoms with Gasteiger partial charge in [0.25, 0.3) is 0 Å². The van der Waals surface area contributed by atoms with Gasteiger partial charge in [0.1, 0.15) is 11.8 Å². The topological polar surface area (TPSA) is 76.3 Å². The van der Waals surface area contributed by atoms with Crippen LogP contribution < -0.4 is 10.1 Å². The number of rotatable bonds is 7. The molecule has 0 saturated heterocycles. The molecule has 3 aromatic rings. The summed E-state index contributed by atoms with van der Waals surface area (Å²) in [5, 5.41) is 13.8. The highest BCUT2D eigenvalue weighted by molar-refractivity contribution is 5.96. The molecule has 2 saturated carbocycles. The van der Waals surface area contributed by atoms with Crippen molar-refractivity contribution in [1.29, 1.82) is 5.26 Å². The number of anilines is 1. The molecule has 0 atom stereocenters. The smallest absolute Gasteiger partial charge is 0.411 e. The molecule has 1 N–H and O–H groups in total. The Morgan fingerprint density at radius 1 is 1.12 bits per heavy atom. The predicted molar refractivity (Wildman–Crippen MR) is 128 cm³/mol. The quantitative estimate of drug-likeness (QED) is 0.443. The van der Waals surface area contributed by atoms with E-state index in [1.54, 1.807) is 0 Å². The van der Waals surface area contributed by atoms with Crippen molar-refractivity contribution in [2.45, 2.75) is 51.5 Å². The number of nitrogens with one attached hydrogen (secondary N) is 1. The van der Waals surface area contributed by atoms with Crippen LogP contribution in [0.1, 0.15) is 57.1 Å². The first-order valence-electron chi connectivity index (χ1n) is 11.9. The van der Waals surface area contributed by atoms with Crippen LogP contribution in [0.25, 0.3) is 22.2 Å². The Morgan fingerprint density at radius 3 is 2.48 bits per heavy atom. The fourth-order valence-electron chi connectivity index (χ4n) is 4.69. The average Bonchev–Trinajstić information content (AvgIpc) is 3.06. The highest BCUT2D eigenvalue weighted by atomic mass is 16.5. The fourth-order valence-corrected chi connectivity index (χ4v) is 4.69. The van der Waals surface area contributed by atoms with Crippen LogP contribution >= 0.6 is 0 Å². The molecule has 6 nitrogen and oxygen atoms in total. The number of hydrogen-bond donors (Lipinski definition) is 1. The molecule has 0 unspecified atom stereocenters. The van der Waals surface area contributed by atoms with Gasteiger partial charge in [-0.05, 0) is 74.8 Å². The summed E-state index contributed by atoms with van der Waals surface area (Å²) in [7, 11) is 0. The largest absolute Gasteiger partial charge is 0.494 e. The maximum Gasteiger partial charge on any atom is 0.411 e. The Morgan fingerprint density at radius 2 is 1.88 bits per heavy atom. The number of nitrogens with zero attached hydrogens (tertiary/aromatic N) is 2. The van der Waals surface area contributed by atoms with E-state index in [0.29, 0.717) is 36.4 Å². The minimum atomic E-state index is -0.417. The van der Waals surface area contributed by atoms with E-state index in [1.165, 1.54) is 12.8 Å². The maximum atomic E-state index is 12.1. The van der Waals surface area contributed by atoms with E-state index in [9.17, 15) is 10.1 Å². The first-order valence-corrected chi connectivity index (χ1v) is 11.9. The summed E-state index contributed by atoms with van der Waals surface area (Å²) in [6, 6.07) is 16.5. The van der Waals surface area contributed by atoms with Crippen LogP contribution in [-0.4, -0.2) is 23.9 Å². The first kappa shape index (κ1) is 21.4. The van der Waals surface area contributed by atoms with Gasteiger partial charge in [0.15, 0.2) is 0 Å². The number of hydrogen-bond acceptors (Lipinski definition) is 4. The van der Waals surface area contributed by atoms with E-state index in [1.807, 2.05) is 43.3 Å². The second-order valence-electron chi connectivity index (χ2n) is 9.00. The molecule has 2 fully saturated rings. The molecule has 0 bridgehead atoms. The molecule has 2 aliphatic rings. The monoisotopic (exact) mass is 443 g/mol. The van der Waals surface area contributed by atoms with Crippen molar-refractivity contribution >= 4 is 22.7 Å². The number of aromatic nitrogens is 1. The van der Waals surface area contributed by atoms with Crippen LogP contribution in [0.3, 0.4) is 0 Å². The summed E-state index contributed by atoms with van der Waals surface area (Å²) >= 11 is 0. The molecule has 5 rings (SSSR count). The van der Waals surface area contributed by atoms with Crippen molar-refractivity contribution in [2.24, 2.45) is 5.92 Å². The zero-order valence-electron chi connectivity index (χ0n) is 19.0. The van der Waals surface area contributed by atoms with Crippen molar-refractivity contribution < 1.29 is 14.3 Å². The predicted octanol–water partition coefficient (Wildman–Crippen LogP) is 6.65. The van der Waals surface area contributed by atoms with Crippen molar-refractivity contribution in [3.05, 3.63) is 48.0 Å². The molecule has 0 radical (unpaired) electrons. The average molecular weight is 444 g/mol.